The Labute approximate surface area is 196 Å². The van der Waals surface area contributed by atoms with E-state index in [9.17, 15) is 9.59 Å². The lowest BCUT2D eigenvalue weighted by Crippen LogP contribution is -2.36. The first kappa shape index (κ1) is 21.8. The normalized spacial score (nSPS) is 14.6. The minimum absolute atomic E-state index is 0.128. The van der Waals surface area contributed by atoms with Gasteiger partial charge in [-0.2, -0.15) is 0 Å². The number of amides is 2. The number of hydrogen-bond donors (Lipinski definition) is 1. The highest BCUT2D eigenvalue weighted by Gasteiger charge is 2.33. The van der Waals surface area contributed by atoms with E-state index in [0.29, 0.717) is 27.3 Å². The second-order valence-electron chi connectivity index (χ2n) is 7.03. The lowest BCUT2D eigenvalue weighted by molar-refractivity contribution is -0.126. The first-order chi connectivity index (χ1) is 15.6. The van der Waals surface area contributed by atoms with Gasteiger partial charge in [-0.25, -0.2) is 0 Å². The zero-order chi connectivity index (χ0) is 22.3. The van der Waals surface area contributed by atoms with Crippen molar-refractivity contribution < 1.29 is 14.3 Å². The molecule has 1 saturated heterocycles. The van der Waals surface area contributed by atoms with Gasteiger partial charge < -0.3 is 10.1 Å². The highest BCUT2D eigenvalue weighted by Crippen LogP contribution is 2.33. The topological polar surface area (TPSA) is 58.6 Å². The monoisotopic (exact) mass is 460 g/mol. The molecule has 4 rings (SSSR count). The van der Waals surface area contributed by atoms with Crippen LogP contribution >= 0.6 is 24.0 Å². The number of para-hydroxylation sites is 1. The van der Waals surface area contributed by atoms with Gasteiger partial charge in [0.25, 0.3) is 5.91 Å². The van der Waals surface area contributed by atoms with Gasteiger partial charge >= 0.3 is 0 Å². The molecule has 2 amide bonds. The fraction of sp³-hybridized carbons (Fsp3) is 0.0800. The van der Waals surface area contributed by atoms with Crippen LogP contribution in [0, 0.1) is 0 Å². The molecule has 5 nitrogen and oxygen atoms in total. The largest absolute Gasteiger partial charge is 0.489 e. The molecule has 160 valence electrons. The second-order valence-corrected chi connectivity index (χ2v) is 8.70. The quantitative estimate of drug-likeness (QED) is 0.392. The summed E-state index contributed by atoms with van der Waals surface area (Å²) in [7, 11) is 0. The molecule has 0 aromatic heterocycles. The number of carbonyl (C=O) groups is 2. The molecule has 1 aliphatic rings. The van der Waals surface area contributed by atoms with Crippen LogP contribution < -0.4 is 10.1 Å². The molecule has 3 aromatic carbocycles. The van der Waals surface area contributed by atoms with Crippen molar-refractivity contribution in [2.45, 2.75) is 6.61 Å². The Morgan fingerprint density at radius 2 is 1.72 bits per heavy atom. The van der Waals surface area contributed by atoms with E-state index in [1.165, 1.54) is 16.7 Å². The summed E-state index contributed by atoms with van der Waals surface area (Å²) in [5, 5.41) is 2.77. The van der Waals surface area contributed by atoms with E-state index in [4.69, 9.17) is 17.0 Å². The van der Waals surface area contributed by atoms with Crippen molar-refractivity contribution in [3.05, 3.63) is 101 Å². The summed E-state index contributed by atoms with van der Waals surface area (Å²) in [6.45, 7) is 0.333. The van der Waals surface area contributed by atoms with Crippen molar-refractivity contribution in [2.75, 3.05) is 11.9 Å². The summed E-state index contributed by atoms with van der Waals surface area (Å²) < 4.78 is 6.23. The standard InChI is InChI=1S/C25H20N2O3S2/c28-23(26-20-11-5-2-6-12-20)16-27-24(29)22(32-25(27)31)15-19-10-7-13-21(14-19)30-17-18-8-3-1-4-9-18/h1-15H,16-17H2,(H,26,28)/b22-15-. The average molecular weight is 461 g/mol. The molecular formula is C25H20N2O3S2. The van der Waals surface area contributed by atoms with Gasteiger partial charge in [0.2, 0.25) is 5.91 Å². The zero-order valence-corrected chi connectivity index (χ0v) is 18.7. The third kappa shape index (κ3) is 5.63. The molecule has 0 bridgehead atoms. The Kier molecular flexibility index (Phi) is 6.99. The third-order valence-electron chi connectivity index (χ3n) is 4.64. The molecule has 0 spiro atoms. The van der Waals surface area contributed by atoms with E-state index in [-0.39, 0.29) is 18.4 Å². The average Bonchev–Trinajstić information content (AvgIpc) is 3.06. The van der Waals surface area contributed by atoms with Gasteiger partial charge in [-0.05, 0) is 41.5 Å². The van der Waals surface area contributed by atoms with Crippen LogP contribution in [0.4, 0.5) is 5.69 Å². The predicted molar refractivity (Wildman–Crippen MR) is 132 cm³/mol. The van der Waals surface area contributed by atoms with Gasteiger partial charge in [-0.1, -0.05) is 84.6 Å². The van der Waals surface area contributed by atoms with E-state index in [0.717, 1.165) is 11.1 Å². The Morgan fingerprint density at radius 1 is 1.00 bits per heavy atom. The Hall–Kier alpha value is -3.42. The number of hydrogen-bond acceptors (Lipinski definition) is 5. The van der Waals surface area contributed by atoms with E-state index >= 15 is 0 Å². The highest BCUT2D eigenvalue weighted by molar-refractivity contribution is 8.26. The number of thiocarbonyl (C=S) groups is 1. The van der Waals surface area contributed by atoms with Crippen molar-refractivity contribution in [1.29, 1.82) is 0 Å². The lowest BCUT2D eigenvalue weighted by Gasteiger charge is -2.14. The summed E-state index contributed by atoms with van der Waals surface area (Å²) in [5.74, 6) is 0.129. The van der Waals surface area contributed by atoms with Crippen LogP contribution in [-0.4, -0.2) is 27.6 Å². The van der Waals surface area contributed by atoms with Crippen LogP contribution in [0.25, 0.3) is 6.08 Å². The molecule has 1 fully saturated rings. The maximum absolute atomic E-state index is 12.8. The molecule has 3 aromatic rings. The molecule has 0 radical (unpaired) electrons. The van der Waals surface area contributed by atoms with Crippen LogP contribution in [0.3, 0.4) is 0 Å². The molecule has 7 heteroatoms. The number of rotatable bonds is 7. The van der Waals surface area contributed by atoms with E-state index < -0.39 is 0 Å². The van der Waals surface area contributed by atoms with Crippen LogP contribution in [0.5, 0.6) is 5.75 Å². The number of nitrogens with zero attached hydrogens (tertiary/aromatic N) is 1. The highest BCUT2D eigenvalue weighted by atomic mass is 32.2. The van der Waals surface area contributed by atoms with Crippen molar-refractivity contribution >= 4 is 51.9 Å². The van der Waals surface area contributed by atoms with Gasteiger partial charge in [0.05, 0.1) is 4.91 Å². The van der Waals surface area contributed by atoms with Crippen molar-refractivity contribution in [3.8, 4) is 5.75 Å². The summed E-state index contributed by atoms with van der Waals surface area (Å²) in [4.78, 5) is 27.0. The van der Waals surface area contributed by atoms with E-state index in [1.807, 2.05) is 72.8 Å². The van der Waals surface area contributed by atoms with Crippen LogP contribution in [0.15, 0.2) is 89.8 Å². The summed E-state index contributed by atoms with van der Waals surface area (Å²) in [6, 6.07) is 26.5. The fourth-order valence-electron chi connectivity index (χ4n) is 3.09. The summed E-state index contributed by atoms with van der Waals surface area (Å²) >= 11 is 6.53. The summed E-state index contributed by atoms with van der Waals surface area (Å²) in [6.07, 6.45) is 1.77. The van der Waals surface area contributed by atoms with Crippen molar-refractivity contribution in [3.63, 3.8) is 0 Å². The van der Waals surface area contributed by atoms with Crippen LogP contribution in [0.2, 0.25) is 0 Å². The maximum atomic E-state index is 12.8. The molecule has 1 heterocycles. The number of ether oxygens (including phenoxy) is 1. The van der Waals surface area contributed by atoms with E-state index in [2.05, 4.69) is 5.32 Å². The number of anilines is 1. The molecule has 32 heavy (non-hydrogen) atoms. The van der Waals surface area contributed by atoms with E-state index in [1.54, 1.807) is 18.2 Å². The van der Waals surface area contributed by atoms with Crippen molar-refractivity contribution in [2.24, 2.45) is 0 Å². The van der Waals surface area contributed by atoms with Gasteiger partial charge in [-0.15, -0.1) is 0 Å². The number of carbonyl (C=O) groups excluding carboxylic acids is 2. The van der Waals surface area contributed by atoms with Gasteiger partial charge in [0.1, 0.15) is 23.2 Å². The number of nitrogens with one attached hydrogen (secondary N) is 1. The fourth-order valence-corrected chi connectivity index (χ4v) is 4.34. The Bertz CT molecular complexity index is 1160. The Morgan fingerprint density at radius 3 is 2.47 bits per heavy atom. The van der Waals surface area contributed by atoms with Gasteiger partial charge in [-0.3, -0.25) is 14.5 Å². The maximum Gasteiger partial charge on any atom is 0.266 e. The predicted octanol–water partition coefficient (Wildman–Crippen LogP) is 5.11. The zero-order valence-electron chi connectivity index (χ0n) is 17.1. The van der Waals surface area contributed by atoms with Gasteiger partial charge in [0.15, 0.2) is 0 Å². The Balaban J connectivity index is 1.40. The molecule has 1 N–H and O–H groups in total. The molecule has 1 aliphatic heterocycles. The van der Waals surface area contributed by atoms with Crippen molar-refractivity contribution in [1.82, 2.24) is 4.90 Å². The lowest BCUT2D eigenvalue weighted by atomic mass is 10.2. The number of benzene rings is 3. The number of thioether (sulfide) groups is 1. The molecule has 0 saturated carbocycles. The summed E-state index contributed by atoms with van der Waals surface area (Å²) in [5.41, 5.74) is 2.57. The minimum atomic E-state index is -0.301. The van der Waals surface area contributed by atoms with Crippen LogP contribution in [0.1, 0.15) is 11.1 Å². The molecule has 0 atom stereocenters. The smallest absolute Gasteiger partial charge is 0.266 e. The molecular weight excluding hydrogens is 440 g/mol. The SMILES string of the molecule is O=C(CN1C(=O)/C(=C/c2cccc(OCc3ccccc3)c2)SC1=S)Nc1ccccc1. The van der Waals surface area contributed by atoms with Gasteiger partial charge in [0, 0.05) is 5.69 Å². The van der Waals surface area contributed by atoms with Crippen LogP contribution in [-0.2, 0) is 16.2 Å². The third-order valence-corrected chi connectivity index (χ3v) is 6.01. The first-order valence-electron chi connectivity index (χ1n) is 9.95. The first-order valence-corrected chi connectivity index (χ1v) is 11.2. The molecule has 0 unspecified atom stereocenters. The second kappa shape index (κ2) is 10.3. The minimum Gasteiger partial charge on any atom is -0.489 e. The molecule has 0 aliphatic carbocycles.